The third kappa shape index (κ3) is 3.99. The van der Waals surface area contributed by atoms with Crippen LogP contribution in [-0.4, -0.2) is 6.61 Å². The molecule has 0 unspecified atom stereocenters. The molecule has 19 heavy (non-hydrogen) atoms. The average Bonchev–Trinajstić information content (AvgIpc) is 2.48. The van der Waals surface area contributed by atoms with Crippen molar-refractivity contribution in [2.45, 2.75) is 51.4 Å². The molecule has 102 valence electrons. The van der Waals surface area contributed by atoms with Gasteiger partial charge in [-0.25, -0.2) is 0 Å². The van der Waals surface area contributed by atoms with Crippen LogP contribution in [0.5, 0.6) is 5.75 Å². The number of nitriles is 1. The van der Waals surface area contributed by atoms with Gasteiger partial charge in [-0.3, -0.25) is 0 Å². The van der Waals surface area contributed by atoms with Gasteiger partial charge in [0.1, 0.15) is 5.75 Å². The summed E-state index contributed by atoms with van der Waals surface area (Å²) in [6, 6.07) is 10.9. The Balaban J connectivity index is 1.86. The second kappa shape index (κ2) is 7.19. The van der Waals surface area contributed by atoms with Crippen molar-refractivity contribution in [2.24, 2.45) is 5.92 Å². The maximum Gasteiger partial charge on any atom is 0.119 e. The lowest BCUT2D eigenvalue weighted by molar-refractivity contribution is 0.309. The van der Waals surface area contributed by atoms with E-state index in [2.05, 4.69) is 37.3 Å². The Morgan fingerprint density at radius 1 is 1.16 bits per heavy atom. The maximum atomic E-state index is 8.92. The van der Waals surface area contributed by atoms with Crippen LogP contribution in [0.25, 0.3) is 0 Å². The first-order chi connectivity index (χ1) is 9.33. The molecule has 2 heteroatoms. The highest BCUT2D eigenvalue weighted by Crippen LogP contribution is 2.35. The standard InChI is InChI=1S/C17H23NO/c1-2-3-12-19-17-10-8-16(9-11-17)15-6-4-14(13-18)5-7-15/h8-11,14-15H,2-7,12H2,1H3. The van der Waals surface area contributed by atoms with E-state index in [1.54, 1.807) is 0 Å². The minimum Gasteiger partial charge on any atom is -0.494 e. The zero-order valence-electron chi connectivity index (χ0n) is 11.8. The quantitative estimate of drug-likeness (QED) is 0.718. The minimum atomic E-state index is 0.285. The molecule has 0 atom stereocenters. The molecule has 0 bridgehead atoms. The van der Waals surface area contributed by atoms with Gasteiger partial charge in [0.05, 0.1) is 12.7 Å². The highest BCUT2D eigenvalue weighted by atomic mass is 16.5. The Kier molecular flexibility index (Phi) is 5.27. The van der Waals surface area contributed by atoms with Gasteiger partial charge in [-0.2, -0.15) is 5.26 Å². The van der Waals surface area contributed by atoms with Crippen LogP contribution >= 0.6 is 0 Å². The molecule has 0 amide bonds. The molecule has 0 spiro atoms. The molecule has 0 saturated heterocycles. The summed E-state index contributed by atoms with van der Waals surface area (Å²) in [4.78, 5) is 0. The normalized spacial score (nSPS) is 22.7. The van der Waals surface area contributed by atoms with Gasteiger partial charge in [-0.05, 0) is 55.7 Å². The van der Waals surface area contributed by atoms with Gasteiger partial charge in [0.25, 0.3) is 0 Å². The molecule has 0 aliphatic heterocycles. The van der Waals surface area contributed by atoms with Crippen LogP contribution in [-0.2, 0) is 0 Å². The second-order valence-corrected chi connectivity index (χ2v) is 5.45. The van der Waals surface area contributed by atoms with Crippen molar-refractivity contribution < 1.29 is 4.74 Å². The summed E-state index contributed by atoms with van der Waals surface area (Å²) >= 11 is 0. The lowest BCUT2D eigenvalue weighted by Crippen LogP contribution is -2.11. The highest BCUT2D eigenvalue weighted by Gasteiger charge is 2.21. The third-order valence-electron chi connectivity index (χ3n) is 4.03. The fraction of sp³-hybridized carbons (Fsp3) is 0.588. The van der Waals surface area contributed by atoms with E-state index in [-0.39, 0.29) is 5.92 Å². The zero-order valence-corrected chi connectivity index (χ0v) is 11.8. The molecular formula is C17H23NO. The van der Waals surface area contributed by atoms with Crippen molar-refractivity contribution in [3.8, 4) is 11.8 Å². The van der Waals surface area contributed by atoms with Gasteiger partial charge < -0.3 is 4.74 Å². The van der Waals surface area contributed by atoms with Gasteiger partial charge in [0.2, 0.25) is 0 Å². The lowest BCUT2D eigenvalue weighted by Gasteiger charge is -2.25. The third-order valence-corrected chi connectivity index (χ3v) is 4.03. The van der Waals surface area contributed by atoms with Crippen LogP contribution in [0.4, 0.5) is 0 Å². The number of rotatable bonds is 5. The molecule has 0 N–H and O–H groups in total. The van der Waals surface area contributed by atoms with Gasteiger partial charge in [-0.15, -0.1) is 0 Å². The van der Waals surface area contributed by atoms with Crippen molar-refractivity contribution in [1.82, 2.24) is 0 Å². The minimum absolute atomic E-state index is 0.285. The van der Waals surface area contributed by atoms with E-state index in [4.69, 9.17) is 10.00 Å². The molecule has 1 aromatic rings. The van der Waals surface area contributed by atoms with E-state index >= 15 is 0 Å². The van der Waals surface area contributed by atoms with Crippen LogP contribution in [0.15, 0.2) is 24.3 Å². The van der Waals surface area contributed by atoms with E-state index in [0.717, 1.165) is 44.5 Å². The summed E-state index contributed by atoms with van der Waals surface area (Å²) in [5.74, 6) is 1.89. The summed E-state index contributed by atoms with van der Waals surface area (Å²) in [6.45, 7) is 2.98. The molecule has 1 saturated carbocycles. The summed E-state index contributed by atoms with van der Waals surface area (Å²) in [6.07, 6.45) is 6.68. The van der Waals surface area contributed by atoms with Gasteiger partial charge >= 0.3 is 0 Å². The number of benzene rings is 1. The van der Waals surface area contributed by atoms with Crippen LogP contribution in [0.1, 0.15) is 56.9 Å². The Bertz CT molecular complexity index is 410. The predicted octanol–water partition coefficient (Wildman–Crippen LogP) is 4.66. The fourth-order valence-corrected chi connectivity index (χ4v) is 2.73. The molecule has 1 aliphatic carbocycles. The van der Waals surface area contributed by atoms with Crippen LogP contribution in [0.2, 0.25) is 0 Å². The first kappa shape index (κ1) is 13.9. The van der Waals surface area contributed by atoms with Crippen molar-refractivity contribution in [1.29, 1.82) is 5.26 Å². The van der Waals surface area contributed by atoms with E-state index in [9.17, 15) is 0 Å². The van der Waals surface area contributed by atoms with Crippen LogP contribution < -0.4 is 4.74 Å². The van der Waals surface area contributed by atoms with E-state index in [1.165, 1.54) is 12.0 Å². The van der Waals surface area contributed by atoms with Crippen LogP contribution in [0, 0.1) is 17.2 Å². The Hall–Kier alpha value is -1.49. The molecule has 1 fully saturated rings. The van der Waals surface area contributed by atoms with Crippen molar-refractivity contribution in [2.75, 3.05) is 6.61 Å². The molecule has 2 nitrogen and oxygen atoms in total. The first-order valence-electron chi connectivity index (χ1n) is 7.46. The summed E-state index contributed by atoms with van der Waals surface area (Å²) in [5.41, 5.74) is 1.40. The topological polar surface area (TPSA) is 33.0 Å². The smallest absolute Gasteiger partial charge is 0.119 e. The monoisotopic (exact) mass is 257 g/mol. The van der Waals surface area contributed by atoms with Crippen molar-refractivity contribution >= 4 is 0 Å². The van der Waals surface area contributed by atoms with Gasteiger partial charge in [0, 0.05) is 5.92 Å². The van der Waals surface area contributed by atoms with Crippen molar-refractivity contribution in [3.63, 3.8) is 0 Å². The van der Waals surface area contributed by atoms with E-state index in [0.29, 0.717) is 5.92 Å². The Morgan fingerprint density at radius 2 is 1.84 bits per heavy atom. The molecule has 0 radical (unpaired) electrons. The highest BCUT2D eigenvalue weighted by molar-refractivity contribution is 5.29. The zero-order chi connectivity index (χ0) is 13.5. The number of hydrogen-bond acceptors (Lipinski definition) is 2. The SMILES string of the molecule is CCCCOc1ccc(C2CCC(C#N)CC2)cc1. The number of nitrogens with zero attached hydrogens (tertiary/aromatic N) is 1. The largest absolute Gasteiger partial charge is 0.494 e. The average molecular weight is 257 g/mol. The van der Waals surface area contributed by atoms with Gasteiger partial charge in [-0.1, -0.05) is 25.5 Å². The molecule has 1 aliphatic rings. The molecular weight excluding hydrogens is 234 g/mol. The summed E-state index contributed by atoms with van der Waals surface area (Å²) in [5, 5.41) is 8.92. The molecule has 0 aromatic heterocycles. The Morgan fingerprint density at radius 3 is 2.42 bits per heavy atom. The Labute approximate surface area is 116 Å². The first-order valence-corrected chi connectivity index (χ1v) is 7.46. The summed E-state index contributed by atoms with van der Waals surface area (Å²) in [7, 11) is 0. The van der Waals surface area contributed by atoms with E-state index < -0.39 is 0 Å². The summed E-state index contributed by atoms with van der Waals surface area (Å²) < 4.78 is 5.68. The molecule has 2 rings (SSSR count). The van der Waals surface area contributed by atoms with E-state index in [1.807, 2.05) is 0 Å². The predicted molar refractivity (Wildman–Crippen MR) is 77.2 cm³/mol. The molecule has 1 aromatic carbocycles. The molecule has 0 heterocycles. The fourth-order valence-electron chi connectivity index (χ4n) is 2.73. The number of hydrogen-bond donors (Lipinski definition) is 0. The van der Waals surface area contributed by atoms with Crippen LogP contribution in [0.3, 0.4) is 0 Å². The number of unbranched alkanes of at least 4 members (excludes halogenated alkanes) is 1. The van der Waals surface area contributed by atoms with Crippen molar-refractivity contribution in [3.05, 3.63) is 29.8 Å². The lowest BCUT2D eigenvalue weighted by atomic mass is 9.79. The second-order valence-electron chi connectivity index (χ2n) is 5.45. The van der Waals surface area contributed by atoms with Gasteiger partial charge in [0.15, 0.2) is 0 Å². The number of ether oxygens (including phenoxy) is 1. The maximum absolute atomic E-state index is 8.92.